The summed E-state index contributed by atoms with van der Waals surface area (Å²) < 4.78 is 0. The first-order valence-corrected chi connectivity index (χ1v) is 6.34. The quantitative estimate of drug-likeness (QED) is 0.845. The summed E-state index contributed by atoms with van der Waals surface area (Å²) in [6.07, 6.45) is 10.3. The van der Waals surface area contributed by atoms with Crippen LogP contribution in [0, 0.1) is 11.8 Å². The van der Waals surface area contributed by atoms with Crippen LogP contribution >= 0.6 is 0 Å². The molecule has 3 heteroatoms. The summed E-state index contributed by atoms with van der Waals surface area (Å²) in [6, 6.07) is 1.92. The van der Waals surface area contributed by atoms with Gasteiger partial charge in [0.15, 0.2) is 0 Å². The van der Waals surface area contributed by atoms with Crippen molar-refractivity contribution in [1.82, 2.24) is 9.97 Å². The molecule has 0 saturated heterocycles. The summed E-state index contributed by atoms with van der Waals surface area (Å²) >= 11 is 0. The number of nitrogens with zero attached hydrogens (tertiary/aromatic N) is 2. The van der Waals surface area contributed by atoms with E-state index in [0.717, 1.165) is 24.2 Å². The SMILES string of the molecule is CC1CCC(CCNc2ccncn2)CC1. The van der Waals surface area contributed by atoms with E-state index in [0.29, 0.717) is 0 Å². The lowest BCUT2D eigenvalue weighted by atomic mass is 9.81. The van der Waals surface area contributed by atoms with Crippen molar-refractivity contribution in [2.24, 2.45) is 11.8 Å². The van der Waals surface area contributed by atoms with E-state index in [1.165, 1.54) is 32.1 Å². The van der Waals surface area contributed by atoms with Crippen LogP contribution in [0.5, 0.6) is 0 Å². The van der Waals surface area contributed by atoms with Crippen LogP contribution in [0.1, 0.15) is 39.0 Å². The zero-order valence-corrected chi connectivity index (χ0v) is 10.0. The van der Waals surface area contributed by atoms with Crippen LogP contribution in [0.3, 0.4) is 0 Å². The third-order valence-corrected chi connectivity index (χ3v) is 3.58. The maximum atomic E-state index is 4.15. The first-order valence-electron chi connectivity index (χ1n) is 6.34. The van der Waals surface area contributed by atoms with Crippen molar-refractivity contribution >= 4 is 5.82 Å². The highest BCUT2D eigenvalue weighted by molar-refractivity contribution is 5.31. The van der Waals surface area contributed by atoms with Gasteiger partial charge in [-0.3, -0.25) is 0 Å². The smallest absolute Gasteiger partial charge is 0.129 e. The molecule has 1 heterocycles. The lowest BCUT2D eigenvalue weighted by Crippen LogP contribution is -2.16. The van der Waals surface area contributed by atoms with E-state index in [2.05, 4.69) is 22.2 Å². The van der Waals surface area contributed by atoms with Gasteiger partial charge in [-0.1, -0.05) is 32.6 Å². The highest BCUT2D eigenvalue weighted by Gasteiger charge is 2.17. The summed E-state index contributed by atoms with van der Waals surface area (Å²) in [6.45, 7) is 3.41. The molecule has 2 rings (SSSR count). The fourth-order valence-corrected chi connectivity index (χ4v) is 2.42. The van der Waals surface area contributed by atoms with Crippen molar-refractivity contribution < 1.29 is 0 Å². The molecule has 1 saturated carbocycles. The van der Waals surface area contributed by atoms with Crippen molar-refractivity contribution in [2.75, 3.05) is 11.9 Å². The van der Waals surface area contributed by atoms with Gasteiger partial charge in [-0.05, 0) is 24.3 Å². The number of hydrogen-bond donors (Lipinski definition) is 1. The van der Waals surface area contributed by atoms with Gasteiger partial charge >= 0.3 is 0 Å². The molecule has 0 atom stereocenters. The Morgan fingerprint density at radius 1 is 1.31 bits per heavy atom. The van der Waals surface area contributed by atoms with Crippen LogP contribution in [0.25, 0.3) is 0 Å². The number of aromatic nitrogens is 2. The van der Waals surface area contributed by atoms with Gasteiger partial charge in [-0.15, -0.1) is 0 Å². The molecular weight excluding hydrogens is 198 g/mol. The topological polar surface area (TPSA) is 37.8 Å². The summed E-state index contributed by atoms with van der Waals surface area (Å²) in [4.78, 5) is 8.05. The van der Waals surface area contributed by atoms with Crippen LogP contribution in [0.4, 0.5) is 5.82 Å². The van der Waals surface area contributed by atoms with Gasteiger partial charge < -0.3 is 5.32 Å². The minimum absolute atomic E-state index is 0.922. The van der Waals surface area contributed by atoms with Crippen molar-refractivity contribution in [1.29, 1.82) is 0 Å². The molecule has 1 aromatic heterocycles. The standard InChI is InChI=1S/C13H21N3/c1-11-2-4-12(5-3-11)6-9-15-13-7-8-14-10-16-13/h7-8,10-12H,2-6,9H2,1H3,(H,14,15,16). The fourth-order valence-electron chi connectivity index (χ4n) is 2.42. The molecule has 88 valence electrons. The Morgan fingerprint density at radius 2 is 2.12 bits per heavy atom. The third-order valence-electron chi connectivity index (χ3n) is 3.58. The van der Waals surface area contributed by atoms with E-state index in [1.807, 2.05) is 6.07 Å². The Kier molecular flexibility index (Phi) is 4.14. The Morgan fingerprint density at radius 3 is 2.81 bits per heavy atom. The molecule has 1 aliphatic rings. The molecule has 0 aromatic carbocycles. The van der Waals surface area contributed by atoms with Crippen molar-refractivity contribution in [2.45, 2.75) is 39.0 Å². The van der Waals surface area contributed by atoms with Gasteiger partial charge in [0.1, 0.15) is 12.1 Å². The molecular formula is C13H21N3. The summed E-state index contributed by atoms with van der Waals surface area (Å²) in [7, 11) is 0. The first kappa shape index (κ1) is 11.4. The second-order valence-corrected chi connectivity index (χ2v) is 4.94. The summed E-state index contributed by atoms with van der Waals surface area (Å²) in [5.74, 6) is 2.82. The fraction of sp³-hybridized carbons (Fsp3) is 0.692. The first-order chi connectivity index (χ1) is 7.84. The molecule has 0 radical (unpaired) electrons. The third kappa shape index (κ3) is 3.47. The second kappa shape index (κ2) is 5.83. The maximum absolute atomic E-state index is 4.15. The zero-order valence-electron chi connectivity index (χ0n) is 10.0. The molecule has 16 heavy (non-hydrogen) atoms. The van der Waals surface area contributed by atoms with Gasteiger partial charge in [-0.2, -0.15) is 0 Å². The maximum Gasteiger partial charge on any atom is 0.129 e. The summed E-state index contributed by atoms with van der Waals surface area (Å²) in [5.41, 5.74) is 0. The Balaban J connectivity index is 1.65. The largest absolute Gasteiger partial charge is 0.370 e. The Labute approximate surface area is 97.7 Å². The minimum Gasteiger partial charge on any atom is -0.370 e. The molecule has 0 aliphatic heterocycles. The van der Waals surface area contributed by atoms with Crippen molar-refractivity contribution in [3.8, 4) is 0 Å². The van der Waals surface area contributed by atoms with Gasteiger partial charge in [-0.25, -0.2) is 9.97 Å². The molecule has 0 unspecified atom stereocenters. The van der Waals surface area contributed by atoms with Crippen molar-refractivity contribution in [3.05, 3.63) is 18.6 Å². The van der Waals surface area contributed by atoms with Crippen LogP contribution in [0.15, 0.2) is 18.6 Å². The van der Waals surface area contributed by atoms with Crippen LogP contribution in [0.2, 0.25) is 0 Å². The lowest BCUT2D eigenvalue weighted by Gasteiger charge is -2.26. The molecule has 1 fully saturated rings. The molecule has 1 aliphatic carbocycles. The van der Waals surface area contributed by atoms with E-state index >= 15 is 0 Å². The van der Waals surface area contributed by atoms with Crippen LogP contribution in [-0.2, 0) is 0 Å². The van der Waals surface area contributed by atoms with Crippen molar-refractivity contribution in [3.63, 3.8) is 0 Å². The number of rotatable bonds is 4. The van der Waals surface area contributed by atoms with E-state index in [4.69, 9.17) is 0 Å². The monoisotopic (exact) mass is 219 g/mol. The Bertz CT molecular complexity index is 291. The lowest BCUT2D eigenvalue weighted by molar-refractivity contribution is 0.282. The van der Waals surface area contributed by atoms with Gasteiger partial charge in [0.25, 0.3) is 0 Å². The predicted molar refractivity (Wildman–Crippen MR) is 66.3 cm³/mol. The summed E-state index contributed by atoms with van der Waals surface area (Å²) in [5, 5.41) is 3.35. The van der Waals surface area contributed by atoms with E-state index in [9.17, 15) is 0 Å². The predicted octanol–water partition coefficient (Wildman–Crippen LogP) is 3.10. The molecule has 3 nitrogen and oxygen atoms in total. The number of anilines is 1. The average Bonchev–Trinajstić information content (AvgIpc) is 2.33. The normalized spacial score (nSPS) is 25.3. The number of nitrogens with one attached hydrogen (secondary N) is 1. The zero-order chi connectivity index (χ0) is 11.2. The van der Waals surface area contributed by atoms with Gasteiger partial charge in [0, 0.05) is 12.7 Å². The number of hydrogen-bond acceptors (Lipinski definition) is 3. The van der Waals surface area contributed by atoms with Gasteiger partial charge in [0.05, 0.1) is 0 Å². The molecule has 0 amide bonds. The van der Waals surface area contributed by atoms with E-state index in [-0.39, 0.29) is 0 Å². The highest BCUT2D eigenvalue weighted by atomic mass is 15.0. The molecule has 0 spiro atoms. The molecule has 0 bridgehead atoms. The van der Waals surface area contributed by atoms with E-state index in [1.54, 1.807) is 12.5 Å². The Hall–Kier alpha value is -1.12. The molecule has 1 N–H and O–H groups in total. The molecule has 1 aromatic rings. The van der Waals surface area contributed by atoms with Gasteiger partial charge in [0.2, 0.25) is 0 Å². The minimum atomic E-state index is 0.922. The van der Waals surface area contributed by atoms with Crippen LogP contribution in [-0.4, -0.2) is 16.5 Å². The second-order valence-electron chi connectivity index (χ2n) is 4.94. The average molecular weight is 219 g/mol. The highest BCUT2D eigenvalue weighted by Crippen LogP contribution is 2.30. The van der Waals surface area contributed by atoms with Crippen LogP contribution < -0.4 is 5.32 Å². The van der Waals surface area contributed by atoms with E-state index < -0.39 is 0 Å².